The highest BCUT2D eigenvalue weighted by molar-refractivity contribution is 8.11. The van der Waals surface area contributed by atoms with Crippen molar-refractivity contribution in [2.75, 3.05) is 6.54 Å². The predicted octanol–water partition coefficient (Wildman–Crippen LogP) is 2.90. The van der Waals surface area contributed by atoms with Gasteiger partial charge in [0.15, 0.2) is 0 Å². The fourth-order valence-corrected chi connectivity index (χ4v) is 2.05. The second kappa shape index (κ2) is 7.99. The molecule has 0 saturated heterocycles. The summed E-state index contributed by atoms with van der Waals surface area (Å²) in [6, 6.07) is 8.44. The van der Waals surface area contributed by atoms with Gasteiger partial charge in [0.25, 0.3) is 0 Å². The van der Waals surface area contributed by atoms with Crippen LogP contribution < -0.4 is 10.6 Å². The molecule has 0 bridgehead atoms. The highest BCUT2D eigenvalue weighted by atomic mass is 32.1. The van der Waals surface area contributed by atoms with E-state index in [0.717, 1.165) is 12.0 Å². The molecule has 1 aromatic rings. The molecule has 0 fully saturated rings. The number of thiocarbonyl (C=S) groups is 2. The van der Waals surface area contributed by atoms with E-state index in [2.05, 4.69) is 67.1 Å². The lowest BCUT2D eigenvalue weighted by molar-refractivity contribution is 0.637. The third-order valence-electron chi connectivity index (χ3n) is 2.55. The summed E-state index contributed by atoms with van der Waals surface area (Å²) in [4.78, 5) is 0. The molecule has 0 aliphatic rings. The average Bonchev–Trinajstić information content (AvgIpc) is 2.34. The largest absolute Gasteiger partial charge is 0.369 e. The van der Waals surface area contributed by atoms with Gasteiger partial charge in [0.2, 0.25) is 0 Å². The lowest BCUT2D eigenvalue weighted by Gasteiger charge is -2.20. The van der Waals surface area contributed by atoms with Gasteiger partial charge in [-0.25, -0.2) is 0 Å². The van der Waals surface area contributed by atoms with Crippen LogP contribution in [-0.4, -0.2) is 15.2 Å². The van der Waals surface area contributed by atoms with Gasteiger partial charge in [0, 0.05) is 6.54 Å². The fourth-order valence-electron chi connectivity index (χ4n) is 1.58. The van der Waals surface area contributed by atoms with Gasteiger partial charge in [-0.3, -0.25) is 0 Å². The maximum absolute atomic E-state index is 4.97. The molecule has 1 rings (SSSR count). The maximum Gasteiger partial charge on any atom is 0.131 e. The zero-order valence-corrected chi connectivity index (χ0v) is 13.4. The van der Waals surface area contributed by atoms with E-state index in [1.165, 1.54) is 5.56 Å². The summed E-state index contributed by atoms with van der Waals surface area (Å²) in [6.45, 7) is 2.75. The van der Waals surface area contributed by atoms with E-state index < -0.39 is 0 Å². The zero-order chi connectivity index (χ0) is 13.5. The number of aryl methyl sites for hydroxylation is 1. The van der Waals surface area contributed by atoms with Gasteiger partial charge in [-0.2, -0.15) is 0 Å². The Kier molecular flexibility index (Phi) is 6.99. The van der Waals surface area contributed by atoms with Gasteiger partial charge < -0.3 is 10.6 Å². The van der Waals surface area contributed by atoms with E-state index in [1.54, 1.807) is 0 Å². The Morgan fingerprint density at radius 3 is 2.22 bits per heavy atom. The molecule has 0 aliphatic heterocycles. The molecule has 18 heavy (non-hydrogen) atoms. The zero-order valence-electron chi connectivity index (χ0n) is 10.0. The van der Waals surface area contributed by atoms with E-state index in [9.17, 15) is 0 Å². The van der Waals surface area contributed by atoms with Crippen LogP contribution >= 0.6 is 49.7 Å². The topological polar surface area (TPSA) is 24.1 Å². The van der Waals surface area contributed by atoms with Gasteiger partial charge in [0.05, 0.1) is 6.04 Å². The number of benzene rings is 1. The number of nitrogens with one attached hydrogen (secondary N) is 2. The normalized spacial score (nSPS) is 11.7. The Morgan fingerprint density at radius 1 is 1.17 bits per heavy atom. The van der Waals surface area contributed by atoms with Crippen molar-refractivity contribution in [3.63, 3.8) is 0 Å². The summed E-state index contributed by atoms with van der Waals surface area (Å²) < 4.78 is 0.934. The van der Waals surface area contributed by atoms with E-state index in [1.807, 2.05) is 0 Å². The SMILES string of the molecule is CCc1ccc(C(CNC(=S)S)NC(=S)S)cc1. The Labute approximate surface area is 130 Å². The molecule has 0 heterocycles. The van der Waals surface area contributed by atoms with Gasteiger partial charge in [-0.15, -0.1) is 25.3 Å². The molecule has 2 N–H and O–H groups in total. The standard InChI is InChI=1S/C12H16N2S4/c1-2-8-3-5-9(6-4-8)10(14-12(17)18)7-13-11(15)16/h3-6,10H,2,7H2,1H3,(H2,13,15,16)(H2,14,17,18). The quantitative estimate of drug-likeness (QED) is 0.496. The minimum atomic E-state index is 0.0333. The van der Waals surface area contributed by atoms with Crippen LogP contribution in [0.15, 0.2) is 24.3 Å². The lowest BCUT2D eigenvalue weighted by Crippen LogP contribution is -2.33. The molecule has 0 spiro atoms. The number of rotatable bonds is 5. The summed E-state index contributed by atoms with van der Waals surface area (Å²) in [5, 5.41) is 6.15. The molecule has 0 amide bonds. The summed E-state index contributed by atoms with van der Waals surface area (Å²) >= 11 is 18.0. The van der Waals surface area contributed by atoms with Crippen LogP contribution in [0.3, 0.4) is 0 Å². The van der Waals surface area contributed by atoms with Crippen LogP contribution in [-0.2, 0) is 6.42 Å². The van der Waals surface area contributed by atoms with Crippen molar-refractivity contribution < 1.29 is 0 Å². The van der Waals surface area contributed by atoms with Gasteiger partial charge >= 0.3 is 0 Å². The van der Waals surface area contributed by atoms with Gasteiger partial charge in [0.1, 0.15) is 8.64 Å². The van der Waals surface area contributed by atoms with Crippen LogP contribution in [0.2, 0.25) is 0 Å². The monoisotopic (exact) mass is 316 g/mol. The van der Waals surface area contributed by atoms with Crippen LogP contribution in [0, 0.1) is 0 Å². The van der Waals surface area contributed by atoms with Crippen LogP contribution in [0.4, 0.5) is 0 Å². The molecular formula is C12H16N2S4. The minimum absolute atomic E-state index is 0.0333. The van der Waals surface area contributed by atoms with Crippen molar-refractivity contribution in [1.82, 2.24) is 10.6 Å². The minimum Gasteiger partial charge on any atom is -0.369 e. The van der Waals surface area contributed by atoms with E-state index >= 15 is 0 Å². The first kappa shape index (κ1) is 15.8. The van der Waals surface area contributed by atoms with Crippen molar-refractivity contribution >= 4 is 58.3 Å². The van der Waals surface area contributed by atoms with Crippen LogP contribution in [0.1, 0.15) is 24.1 Å². The highest BCUT2D eigenvalue weighted by Gasteiger charge is 2.11. The van der Waals surface area contributed by atoms with E-state index in [4.69, 9.17) is 24.4 Å². The molecule has 0 saturated carbocycles. The smallest absolute Gasteiger partial charge is 0.131 e. The van der Waals surface area contributed by atoms with E-state index in [-0.39, 0.29) is 6.04 Å². The first-order valence-corrected chi connectivity index (χ1v) is 7.29. The third kappa shape index (κ3) is 5.56. The molecule has 0 aliphatic carbocycles. The summed E-state index contributed by atoms with van der Waals surface area (Å²) in [7, 11) is 0. The second-order valence-corrected chi connectivity index (χ2v) is 6.10. The second-order valence-electron chi connectivity index (χ2n) is 3.78. The first-order chi connectivity index (χ1) is 8.52. The highest BCUT2D eigenvalue weighted by Crippen LogP contribution is 2.14. The Balaban J connectivity index is 2.79. The third-order valence-corrected chi connectivity index (χ3v) is 3.09. The number of hydrogen-bond acceptors (Lipinski definition) is 2. The average molecular weight is 317 g/mol. The van der Waals surface area contributed by atoms with Crippen molar-refractivity contribution in [2.45, 2.75) is 19.4 Å². The van der Waals surface area contributed by atoms with Gasteiger partial charge in [-0.1, -0.05) is 55.6 Å². The van der Waals surface area contributed by atoms with Crippen molar-refractivity contribution in [3.05, 3.63) is 35.4 Å². The molecular weight excluding hydrogens is 300 g/mol. The van der Waals surface area contributed by atoms with Crippen LogP contribution in [0.5, 0.6) is 0 Å². The van der Waals surface area contributed by atoms with Crippen LogP contribution in [0.25, 0.3) is 0 Å². The summed E-state index contributed by atoms with van der Waals surface area (Å²) in [5.74, 6) is 0. The molecule has 6 heteroatoms. The Hall–Kier alpha value is -0.300. The van der Waals surface area contributed by atoms with Crippen molar-refractivity contribution in [2.24, 2.45) is 0 Å². The van der Waals surface area contributed by atoms with E-state index in [0.29, 0.717) is 15.2 Å². The molecule has 0 aromatic heterocycles. The Bertz CT molecular complexity index is 417. The molecule has 2 nitrogen and oxygen atoms in total. The molecule has 98 valence electrons. The maximum atomic E-state index is 4.97. The summed E-state index contributed by atoms with van der Waals surface area (Å²) in [6.07, 6.45) is 1.03. The molecule has 1 unspecified atom stereocenters. The number of hydrogen-bond donors (Lipinski definition) is 4. The summed E-state index contributed by atoms with van der Waals surface area (Å²) in [5.41, 5.74) is 2.45. The van der Waals surface area contributed by atoms with Crippen molar-refractivity contribution in [3.8, 4) is 0 Å². The van der Waals surface area contributed by atoms with Gasteiger partial charge in [-0.05, 0) is 17.5 Å². The fraction of sp³-hybridized carbons (Fsp3) is 0.333. The predicted molar refractivity (Wildman–Crippen MR) is 92.9 cm³/mol. The molecule has 1 atom stereocenters. The molecule has 0 radical (unpaired) electrons. The number of thiol groups is 2. The van der Waals surface area contributed by atoms with Crippen molar-refractivity contribution in [1.29, 1.82) is 0 Å². The first-order valence-electron chi connectivity index (χ1n) is 5.58. The lowest BCUT2D eigenvalue weighted by atomic mass is 10.0. The Morgan fingerprint density at radius 2 is 1.78 bits per heavy atom. The molecule has 1 aromatic carbocycles.